The van der Waals surface area contributed by atoms with Crippen molar-refractivity contribution >= 4 is 11.7 Å². The minimum absolute atomic E-state index is 0.0636. The number of hydrogen-bond donors (Lipinski definition) is 0. The average Bonchev–Trinajstić information content (AvgIpc) is 3.46. The third-order valence-electron chi connectivity index (χ3n) is 8.16. The van der Waals surface area contributed by atoms with Crippen LogP contribution in [-0.4, -0.2) is 52.4 Å². The van der Waals surface area contributed by atoms with Gasteiger partial charge in [-0.05, 0) is 58.3 Å². The molecule has 0 aromatic carbocycles. The van der Waals surface area contributed by atoms with Gasteiger partial charge in [0.25, 0.3) is 5.91 Å². The Hall–Kier alpha value is -2.33. The van der Waals surface area contributed by atoms with E-state index in [1.165, 1.54) is 12.8 Å². The van der Waals surface area contributed by atoms with Gasteiger partial charge in [0.05, 0.1) is 12.1 Å². The van der Waals surface area contributed by atoms with Crippen LogP contribution in [0.15, 0.2) is 12.3 Å². The Morgan fingerprint density at radius 3 is 2.53 bits per heavy atom. The Balaban J connectivity index is 1.68. The van der Waals surface area contributed by atoms with Gasteiger partial charge in [-0.2, -0.15) is 10.4 Å². The lowest BCUT2D eigenvalue weighted by atomic mass is 9.77. The molecule has 7 nitrogen and oxygen atoms in total. The quantitative estimate of drug-likeness (QED) is 0.705. The van der Waals surface area contributed by atoms with Crippen molar-refractivity contribution in [3.8, 4) is 6.07 Å². The zero-order valence-corrected chi connectivity index (χ0v) is 19.6. The Morgan fingerprint density at radius 2 is 1.91 bits per heavy atom. The molecule has 32 heavy (non-hydrogen) atoms. The van der Waals surface area contributed by atoms with Crippen LogP contribution in [0.25, 0.3) is 0 Å². The van der Waals surface area contributed by atoms with E-state index >= 15 is 0 Å². The van der Waals surface area contributed by atoms with E-state index in [1.807, 2.05) is 0 Å². The van der Waals surface area contributed by atoms with Gasteiger partial charge in [-0.3, -0.25) is 4.79 Å². The van der Waals surface area contributed by atoms with Gasteiger partial charge in [0, 0.05) is 48.9 Å². The van der Waals surface area contributed by atoms with E-state index in [0.29, 0.717) is 11.6 Å². The minimum Gasteiger partial charge on any atom is -0.381 e. The zero-order chi connectivity index (χ0) is 22.6. The Morgan fingerprint density at radius 1 is 1.19 bits per heavy atom. The van der Waals surface area contributed by atoms with Crippen LogP contribution in [0.2, 0.25) is 0 Å². The molecule has 7 heteroatoms. The summed E-state index contributed by atoms with van der Waals surface area (Å²) in [7, 11) is 0. The second-order valence-corrected chi connectivity index (χ2v) is 10.0. The Bertz CT molecular complexity index is 952. The van der Waals surface area contributed by atoms with Crippen LogP contribution in [0.1, 0.15) is 87.3 Å². The van der Waals surface area contributed by atoms with Gasteiger partial charge in [0.2, 0.25) is 0 Å². The molecule has 1 aromatic heterocycles. The fourth-order valence-electron chi connectivity index (χ4n) is 6.22. The van der Waals surface area contributed by atoms with Crippen molar-refractivity contribution in [1.29, 1.82) is 5.26 Å². The lowest BCUT2D eigenvalue weighted by molar-refractivity contribution is 0.0652. The molecule has 0 N–H and O–H groups in total. The van der Waals surface area contributed by atoms with E-state index in [0.717, 1.165) is 62.5 Å². The number of carbonyl (C=O) groups is 1. The van der Waals surface area contributed by atoms with Crippen LogP contribution in [0.5, 0.6) is 0 Å². The molecule has 1 aliphatic carbocycles. The van der Waals surface area contributed by atoms with Crippen molar-refractivity contribution in [1.82, 2.24) is 14.7 Å². The van der Waals surface area contributed by atoms with E-state index in [1.54, 1.807) is 4.90 Å². The Kier molecular flexibility index (Phi) is 5.53. The lowest BCUT2D eigenvalue weighted by Crippen LogP contribution is -2.41. The fourth-order valence-corrected chi connectivity index (χ4v) is 6.22. The largest absolute Gasteiger partial charge is 0.381 e. The van der Waals surface area contributed by atoms with Crippen LogP contribution in [0.4, 0.5) is 5.82 Å². The molecule has 1 amide bonds. The van der Waals surface area contributed by atoms with Crippen molar-refractivity contribution in [3.05, 3.63) is 23.5 Å². The maximum Gasteiger partial charge on any atom is 0.276 e. The molecule has 5 rings (SSSR count). The highest BCUT2D eigenvalue weighted by Gasteiger charge is 2.49. The molecule has 3 fully saturated rings. The number of hydrogen-bond acceptors (Lipinski definition) is 5. The van der Waals surface area contributed by atoms with Gasteiger partial charge in [-0.1, -0.05) is 13.5 Å². The van der Waals surface area contributed by atoms with Crippen molar-refractivity contribution in [2.45, 2.75) is 83.3 Å². The molecule has 0 radical (unpaired) electrons. The lowest BCUT2D eigenvalue weighted by Gasteiger charge is -2.41. The van der Waals surface area contributed by atoms with E-state index in [2.05, 4.69) is 43.0 Å². The van der Waals surface area contributed by atoms with Gasteiger partial charge in [0.1, 0.15) is 11.9 Å². The number of aromatic nitrogens is 2. The number of likely N-dealkylation sites (tertiary alicyclic amines) is 1. The van der Waals surface area contributed by atoms with Gasteiger partial charge < -0.3 is 14.5 Å². The molecule has 4 heterocycles. The number of anilines is 1. The molecule has 172 valence electrons. The summed E-state index contributed by atoms with van der Waals surface area (Å²) in [6.45, 7) is 13.2. The summed E-state index contributed by atoms with van der Waals surface area (Å²) in [5, 5.41) is 14.8. The number of fused-ring (bicyclic) bond motifs is 1. The molecule has 3 aliphatic heterocycles. The van der Waals surface area contributed by atoms with Crippen LogP contribution >= 0.6 is 0 Å². The smallest absolute Gasteiger partial charge is 0.276 e. The first-order valence-electron chi connectivity index (χ1n) is 12.4. The van der Waals surface area contributed by atoms with Crippen molar-refractivity contribution in [2.24, 2.45) is 11.8 Å². The second kappa shape index (κ2) is 8.22. The highest BCUT2D eigenvalue weighted by atomic mass is 16.5. The zero-order valence-electron chi connectivity index (χ0n) is 19.6. The van der Waals surface area contributed by atoms with E-state index in [-0.39, 0.29) is 35.9 Å². The van der Waals surface area contributed by atoms with Gasteiger partial charge in [0.15, 0.2) is 5.69 Å². The molecule has 2 saturated heterocycles. The fraction of sp³-hybridized carbons (Fsp3) is 0.720. The first-order chi connectivity index (χ1) is 15.5. The molecule has 0 unspecified atom stereocenters. The minimum atomic E-state index is -0.362. The van der Waals surface area contributed by atoms with Crippen LogP contribution < -0.4 is 4.90 Å². The third-order valence-corrected chi connectivity index (χ3v) is 8.16. The first-order valence-corrected chi connectivity index (χ1v) is 12.4. The number of ether oxygens (including phenoxy) is 1. The number of nitrogens with zero attached hydrogens (tertiary/aromatic N) is 5. The predicted molar refractivity (Wildman–Crippen MR) is 122 cm³/mol. The molecule has 0 bridgehead atoms. The monoisotopic (exact) mass is 437 g/mol. The van der Waals surface area contributed by atoms with Crippen LogP contribution in [-0.2, 0) is 4.74 Å². The van der Waals surface area contributed by atoms with Crippen LogP contribution in [0.3, 0.4) is 0 Å². The Labute approximate surface area is 191 Å². The molecule has 1 saturated carbocycles. The number of rotatable bonds is 4. The molecule has 4 atom stereocenters. The summed E-state index contributed by atoms with van der Waals surface area (Å²) < 4.78 is 7.75. The first kappa shape index (κ1) is 21.5. The topological polar surface area (TPSA) is 74.4 Å². The molecular weight excluding hydrogens is 402 g/mol. The predicted octanol–water partition coefficient (Wildman–Crippen LogP) is 4.23. The number of carbonyl (C=O) groups excluding carboxylic acids is 1. The highest BCUT2D eigenvalue weighted by Crippen LogP contribution is 2.56. The maximum atomic E-state index is 14.0. The standard InChI is InChI=1S/C25H35N5O2/c1-5-28-17(4)16(3)21(18-7-8-18)22-23(25(31)29-15(2)6-9-20(29)14-26)27-30(24(22)28)19-10-12-32-13-11-19/h15-16,18-21H,4-13H2,1-3H3/t15-,16+,20-,21-/m0/s1. The molecule has 1 aromatic rings. The van der Waals surface area contributed by atoms with Gasteiger partial charge in [-0.25, -0.2) is 4.68 Å². The summed E-state index contributed by atoms with van der Waals surface area (Å²) >= 11 is 0. The van der Waals surface area contributed by atoms with Crippen molar-refractivity contribution in [2.75, 3.05) is 24.7 Å². The second-order valence-electron chi connectivity index (χ2n) is 10.0. The summed E-state index contributed by atoms with van der Waals surface area (Å²) in [5.41, 5.74) is 2.82. The number of amides is 1. The van der Waals surface area contributed by atoms with Crippen LogP contribution in [0, 0.1) is 23.2 Å². The van der Waals surface area contributed by atoms with Gasteiger partial charge in [-0.15, -0.1) is 0 Å². The molecule has 0 spiro atoms. The normalized spacial score (nSPS) is 31.0. The molecule has 4 aliphatic rings. The maximum absolute atomic E-state index is 14.0. The average molecular weight is 438 g/mol. The van der Waals surface area contributed by atoms with Gasteiger partial charge >= 0.3 is 0 Å². The van der Waals surface area contributed by atoms with E-state index < -0.39 is 0 Å². The van der Waals surface area contributed by atoms with Crippen molar-refractivity contribution in [3.63, 3.8) is 0 Å². The van der Waals surface area contributed by atoms with E-state index in [9.17, 15) is 10.1 Å². The number of nitriles is 1. The summed E-state index contributed by atoms with van der Waals surface area (Å²) in [4.78, 5) is 18.1. The SMILES string of the molecule is C=C1[C@@H](C)[C@@H](C2CC2)c2c(C(=O)N3[C@H](C#N)CC[C@@H]3C)nn(C3CCOCC3)c2N1CC. The highest BCUT2D eigenvalue weighted by molar-refractivity contribution is 5.96. The summed E-state index contributed by atoms with van der Waals surface area (Å²) in [5.74, 6) is 2.14. The number of allylic oxidation sites excluding steroid dienone is 1. The molecular formula is C25H35N5O2. The van der Waals surface area contributed by atoms with Crippen molar-refractivity contribution < 1.29 is 9.53 Å². The summed E-state index contributed by atoms with van der Waals surface area (Å²) in [6.07, 6.45) is 5.81. The summed E-state index contributed by atoms with van der Waals surface area (Å²) in [6, 6.07) is 2.28. The van der Waals surface area contributed by atoms with E-state index in [4.69, 9.17) is 9.84 Å². The third kappa shape index (κ3) is 3.26.